The van der Waals surface area contributed by atoms with E-state index in [2.05, 4.69) is 5.32 Å². The third kappa shape index (κ3) is 2.97. The van der Waals surface area contributed by atoms with Crippen molar-refractivity contribution < 1.29 is 14.7 Å². The molecule has 1 amide bonds. The van der Waals surface area contributed by atoms with Crippen molar-refractivity contribution in [3.05, 3.63) is 28.8 Å². The number of carbonyl (C=O) groups excluding carboxylic acids is 2. The minimum atomic E-state index is -0.581. The Morgan fingerprint density at radius 2 is 2.06 bits per heavy atom. The molecule has 0 aliphatic rings. The lowest BCUT2D eigenvalue weighted by Crippen LogP contribution is -2.37. The zero-order valence-corrected chi connectivity index (χ0v) is 9.71. The molecule has 0 aromatic heterocycles. The van der Waals surface area contributed by atoms with E-state index < -0.39 is 11.9 Å². The zero-order valence-electron chi connectivity index (χ0n) is 8.95. The molecule has 0 saturated heterocycles. The molecule has 16 heavy (non-hydrogen) atoms. The summed E-state index contributed by atoms with van der Waals surface area (Å²) in [4.78, 5) is 22.6. The van der Waals surface area contributed by atoms with Crippen LogP contribution in [0.25, 0.3) is 0 Å². The number of phenols is 1. The number of phenolic OH excluding ortho intramolecular Hbond substituents is 1. The molecule has 1 aromatic rings. The summed E-state index contributed by atoms with van der Waals surface area (Å²) in [7, 11) is 0. The summed E-state index contributed by atoms with van der Waals surface area (Å²) in [5.41, 5.74) is 0.0949. The normalized spacial score (nSPS) is 11.9. The van der Waals surface area contributed by atoms with Gasteiger partial charge in [-0.3, -0.25) is 9.59 Å². The molecular weight excluding hydrogens is 230 g/mol. The van der Waals surface area contributed by atoms with Crippen LogP contribution in [0.4, 0.5) is 0 Å². The Labute approximate surface area is 98.2 Å². The fraction of sp³-hybridized carbons (Fsp3) is 0.273. The maximum atomic E-state index is 11.6. The second-order valence-electron chi connectivity index (χ2n) is 3.47. The van der Waals surface area contributed by atoms with Gasteiger partial charge < -0.3 is 10.4 Å². The highest BCUT2D eigenvalue weighted by molar-refractivity contribution is 6.30. The Kier molecular flexibility index (Phi) is 3.90. The van der Waals surface area contributed by atoms with E-state index in [4.69, 9.17) is 11.6 Å². The minimum absolute atomic E-state index is 0.0949. The molecule has 4 nitrogen and oxygen atoms in total. The van der Waals surface area contributed by atoms with Gasteiger partial charge in [0.2, 0.25) is 0 Å². The predicted molar refractivity (Wildman–Crippen MR) is 60.7 cm³/mol. The largest absolute Gasteiger partial charge is 0.507 e. The molecule has 0 saturated carbocycles. The van der Waals surface area contributed by atoms with E-state index in [0.717, 1.165) is 0 Å². The molecule has 2 N–H and O–H groups in total. The van der Waals surface area contributed by atoms with Crippen LogP contribution in [0.5, 0.6) is 5.75 Å². The quantitative estimate of drug-likeness (QED) is 0.847. The Hall–Kier alpha value is -1.55. The van der Waals surface area contributed by atoms with Gasteiger partial charge in [-0.1, -0.05) is 11.6 Å². The van der Waals surface area contributed by atoms with Crippen LogP contribution in [0.3, 0.4) is 0 Å². The van der Waals surface area contributed by atoms with Crippen LogP contribution in [-0.2, 0) is 4.79 Å². The second kappa shape index (κ2) is 4.99. The number of hydrogen-bond donors (Lipinski definition) is 2. The molecule has 1 rings (SSSR count). The van der Waals surface area contributed by atoms with Crippen LogP contribution in [0.2, 0.25) is 5.02 Å². The monoisotopic (exact) mass is 241 g/mol. The van der Waals surface area contributed by atoms with Crippen LogP contribution in [0.1, 0.15) is 24.2 Å². The molecule has 0 bridgehead atoms. The van der Waals surface area contributed by atoms with Crippen molar-refractivity contribution >= 4 is 23.3 Å². The molecule has 1 aromatic carbocycles. The van der Waals surface area contributed by atoms with E-state index in [9.17, 15) is 14.7 Å². The van der Waals surface area contributed by atoms with E-state index >= 15 is 0 Å². The molecule has 0 aliphatic carbocycles. The number of aromatic hydroxyl groups is 1. The van der Waals surface area contributed by atoms with Crippen molar-refractivity contribution in [3.63, 3.8) is 0 Å². The zero-order chi connectivity index (χ0) is 12.3. The van der Waals surface area contributed by atoms with E-state index in [1.807, 2.05) is 0 Å². The van der Waals surface area contributed by atoms with Crippen molar-refractivity contribution in [1.82, 2.24) is 5.32 Å². The van der Waals surface area contributed by atoms with Gasteiger partial charge in [0.1, 0.15) is 5.75 Å². The Morgan fingerprint density at radius 3 is 2.56 bits per heavy atom. The van der Waals surface area contributed by atoms with Crippen LogP contribution in [0, 0.1) is 0 Å². The SMILES string of the molecule is CC(=O)C(C)NC(=O)c1ccc(Cl)cc1O. The van der Waals surface area contributed by atoms with Gasteiger partial charge in [-0.05, 0) is 32.0 Å². The van der Waals surface area contributed by atoms with E-state index in [1.165, 1.54) is 25.1 Å². The Bertz CT molecular complexity index is 431. The second-order valence-corrected chi connectivity index (χ2v) is 3.90. The van der Waals surface area contributed by atoms with Crippen molar-refractivity contribution in [2.75, 3.05) is 0 Å². The van der Waals surface area contributed by atoms with Crippen LogP contribution >= 0.6 is 11.6 Å². The fourth-order valence-electron chi connectivity index (χ4n) is 1.07. The van der Waals surface area contributed by atoms with Gasteiger partial charge in [0, 0.05) is 5.02 Å². The number of halogens is 1. The molecule has 86 valence electrons. The molecule has 0 spiro atoms. The third-order valence-corrected chi connectivity index (χ3v) is 2.40. The highest BCUT2D eigenvalue weighted by Gasteiger charge is 2.15. The standard InChI is InChI=1S/C11H12ClNO3/c1-6(7(2)14)13-11(16)9-4-3-8(12)5-10(9)15/h3-6,15H,1-2H3,(H,13,16). The van der Waals surface area contributed by atoms with E-state index in [1.54, 1.807) is 6.92 Å². The highest BCUT2D eigenvalue weighted by Crippen LogP contribution is 2.21. The number of amides is 1. The lowest BCUT2D eigenvalue weighted by atomic mass is 10.1. The number of benzene rings is 1. The van der Waals surface area contributed by atoms with Crippen LogP contribution < -0.4 is 5.32 Å². The molecule has 0 fully saturated rings. The summed E-state index contributed by atoms with van der Waals surface area (Å²) in [6, 6.07) is 3.59. The first-order valence-corrected chi connectivity index (χ1v) is 5.09. The first kappa shape index (κ1) is 12.5. The lowest BCUT2D eigenvalue weighted by Gasteiger charge is -2.11. The van der Waals surface area contributed by atoms with Crippen molar-refractivity contribution in [2.45, 2.75) is 19.9 Å². The molecule has 0 heterocycles. The van der Waals surface area contributed by atoms with Gasteiger partial charge in [0.25, 0.3) is 5.91 Å². The smallest absolute Gasteiger partial charge is 0.255 e. The number of hydrogen-bond acceptors (Lipinski definition) is 3. The molecule has 0 radical (unpaired) electrons. The van der Waals surface area contributed by atoms with Gasteiger partial charge in [0.05, 0.1) is 11.6 Å². The predicted octanol–water partition coefficient (Wildman–Crippen LogP) is 1.75. The average Bonchev–Trinajstić information content (AvgIpc) is 2.16. The van der Waals surface area contributed by atoms with Gasteiger partial charge in [-0.15, -0.1) is 0 Å². The Morgan fingerprint density at radius 1 is 1.44 bits per heavy atom. The summed E-state index contributed by atoms with van der Waals surface area (Å²) >= 11 is 5.63. The molecule has 1 unspecified atom stereocenters. The molecule has 1 atom stereocenters. The number of carbonyl (C=O) groups is 2. The van der Waals surface area contributed by atoms with Crippen molar-refractivity contribution in [1.29, 1.82) is 0 Å². The van der Waals surface area contributed by atoms with Gasteiger partial charge in [-0.25, -0.2) is 0 Å². The first-order valence-electron chi connectivity index (χ1n) is 4.71. The van der Waals surface area contributed by atoms with Gasteiger partial charge in [-0.2, -0.15) is 0 Å². The summed E-state index contributed by atoms with van der Waals surface area (Å²) in [5, 5.41) is 12.3. The van der Waals surface area contributed by atoms with Crippen molar-refractivity contribution in [2.24, 2.45) is 0 Å². The lowest BCUT2D eigenvalue weighted by molar-refractivity contribution is -0.118. The average molecular weight is 242 g/mol. The molecule has 0 aliphatic heterocycles. The van der Waals surface area contributed by atoms with Gasteiger partial charge in [0.15, 0.2) is 5.78 Å². The van der Waals surface area contributed by atoms with Crippen molar-refractivity contribution in [3.8, 4) is 5.75 Å². The highest BCUT2D eigenvalue weighted by atomic mass is 35.5. The van der Waals surface area contributed by atoms with E-state index in [0.29, 0.717) is 5.02 Å². The first-order chi connectivity index (χ1) is 7.41. The van der Waals surface area contributed by atoms with Gasteiger partial charge >= 0.3 is 0 Å². The van der Waals surface area contributed by atoms with Crippen LogP contribution in [0.15, 0.2) is 18.2 Å². The number of rotatable bonds is 3. The number of ketones is 1. The van der Waals surface area contributed by atoms with E-state index in [-0.39, 0.29) is 17.1 Å². The summed E-state index contributed by atoms with van der Waals surface area (Å²) in [6.07, 6.45) is 0. The fourth-order valence-corrected chi connectivity index (χ4v) is 1.24. The minimum Gasteiger partial charge on any atom is -0.507 e. The Balaban J connectivity index is 2.85. The molecular formula is C11H12ClNO3. The summed E-state index contributed by atoms with van der Waals surface area (Å²) in [6.45, 7) is 2.96. The third-order valence-electron chi connectivity index (χ3n) is 2.16. The maximum Gasteiger partial charge on any atom is 0.255 e. The van der Waals surface area contributed by atoms with Crippen LogP contribution in [-0.4, -0.2) is 22.8 Å². The number of Topliss-reactive ketones (excluding diaryl/α,β-unsaturated/α-hetero) is 1. The number of nitrogens with one attached hydrogen (secondary N) is 1. The summed E-state index contributed by atoms with van der Waals surface area (Å²) < 4.78 is 0. The maximum absolute atomic E-state index is 11.6. The summed E-state index contributed by atoms with van der Waals surface area (Å²) in [5.74, 6) is -0.862. The topological polar surface area (TPSA) is 66.4 Å². The molecule has 5 heteroatoms.